The topological polar surface area (TPSA) is 37.4 Å². The molecule has 0 aliphatic rings. The molecule has 0 spiro atoms. The number of aryl methyl sites for hydroxylation is 1. The monoisotopic (exact) mass is 414 g/mol. The molecule has 0 bridgehead atoms. The van der Waals surface area contributed by atoms with Crippen molar-refractivity contribution in [1.82, 2.24) is 4.40 Å². The number of ether oxygens (including phenoxy) is 1. The summed E-state index contributed by atoms with van der Waals surface area (Å²) in [6, 6.07) is 35.0. The van der Waals surface area contributed by atoms with Crippen LogP contribution in [0.3, 0.4) is 0 Å². The van der Waals surface area contributed by atoms with Gasteiger partial charge in [0.1, 0.15) is 6.61 Å². The summed E-state index contributed by atoms with van der Waals surface area (Å²) in [5, 5.41) is 9.53. The first-order valence-corrected chi connectivity index (χ1v) is 10.6. The number of benzene rings is 3. The molecule has 32 heavy (non-hydrogen) atoms. The molecule has 0 aliphatic heterocycles. The van der Waals surface area contributed by atoms with Crippen molar-refractivity contribution >= 4 is 5.52 Å². The van der Waals surface area contributed by atoms with Gasteiger partial charge in [0.15, 0.2) is 5.75 Å². The second kappa shape index (κ2) is 8.45. The minimum absolute atomic E-state index is 0.449. The Morgan fingerprint density at radius 3 is 2.12 bits per heavy atom. The SMILES string of the molecule is Cc1ccc(COc2c(-c3ccccc3)c(-c3ccccc3)n3ccc(C#N)cc23)cc1. The number of nitriles is 1. The quantitative estimate of drug-likeness (QED) is 0.309. The molecular weight excluding hydrogens is 392 g/mol. The van der Waals surface area contributed by atoms with E-state index in [4.69, 9.17) is 4.74 Å². The van der Waals surface area contributed by atoms with Crippen molar-refractivity contribution in [3.8, 4) is 34.2 Å². The number of fused-ring (bicyclic) bond motifs is 1. The molecule has 2 aromatic heterocycles. The smallest absolute Gasteiger partial charge is 0.153 e. The third-order valence-corrected chi connectivity index (χ3v) is 5.63. The molecule has 0 amide bonds. The number of pyridine rings is 1. The molecule has 2 heterocycles. The molecule has 0 N–H and O–H groups in total. The van der Waals surface area contributed by atoms with Crippen LogP contribution in [-0.2, 0) is 6.61 Å². The van der Waals surface area contributed by atoms with Crippen LogP contribution in [0.4, 0.5) is 0 Å². The maximum absolute atomic E-state index is 9.53. The Kier molecular flexibility index (Phi) is 5.19. The van der Waals surface area contributed by atoms with E-state index in [1.807, 2.05) is 54.7 Å². The lowest BCUT2D eigenvalue weighted by atomic mass is 10.0. The Bertz CT molecular complexity index is 1410. The number of rotatable bonds is 5. The van der Waals surface area contributed by atoms with Crippen LogP contribution in [0.2, 0.25) is 0 Å². The van der Waals surface area contributed by atoms with Crippen LogP contribution in [0.5, 0.6) is 5.75 Å². The molecule has 3 nitrogen and oxygen atoms in total. The lowest BCUT2D eigenvalue weighted by molar-refractivity contribution is 0.311. The number of hydrogen-bond donors (Lipinski definition) is 0. The van der Waals surface area contributed by atoms with Gasteiger partial charge >= 0.3 is 0 Å². The van der Waals surface area contributed by atoms with Crippen LogP contribution in [0.15, 0.2) is 103 Å². The fourth-order valence-corrected chi connectivity index (χ4v) is 4.03. The summed E-state index contributed by atoms with van der Waals surface area (Å²) in [6.07, 6.45) is 1.96. The van der Waals surface area contributed by atoms with Crippen molar-refractivity contribution in [2.24, 2.45) is 0 Å². The Hall–Kier alpha value is -4.29. The molecule has 5 aromatic rings. The molecule has 0 fully saturated rings. The van der Waals surface area contributed by atoms with Gasteiger partial charge in [0.05, 0.1) is 28.4 Å². The maximum Gasteiger partial charge on any atom is 0.153 e. The van der Waals surface area contributed by atoms with Crippen LogP contribution < -0.4 is 4.74 Å². The second-order valence-electron chi connectivity index (χ2n) is 7.84. The molecule has 0 unspecified atom stereocenters. The van der Waals surface area contributed by atoms with Crippen molar-refractivity contribution < 1.29 is 4.74 Å². The normalized spacial score (nSPS) is 10.8. The Morgan fingerprint density at radius 1 is 0.812 bits per heavy atom. The van der Waals surface area contributed by atoms with Gasteiger partial charge in [-0.1, -0.05) is 90.5 Å². The number of aromatic nitrogens is 1. The zero-order valence-corrected chi connectivity index (χ0v) is 17.8. The van der Waals surface area contributed by atoms with Gasteiger partial charge < -0.3 is 9.14 Å². The molecule has 0 saturated carbocycles. The highest BCUT2D eigenvalue weighted by molar-refractivity contribution is 5.94. The Morgan fingerprint density at radius 2 is 1.47 bits per heavy atom. The standard InChI is InChI=1S/C29H22N2O/c1-21-12-14-22(15-13-21)20-32-29-26-18-23(19-30)16-17-31(26)28(25-10-6-3-7-11-25)27(29)24-8-4-2-5-9-24/h2-18H,20H2,1H3. The lowest BCUT2D eigenvalue weighted by Crippen LogP contribution is -1.96. The summed E-state index contributed by atoms with van der Waals surface area (Å²) >= 11 is 0. The molecule has 154 valence electrons. The van der Waals surface area contributed by atoms with Gasteiger partial charge in [0.2, 0.25) is 0 Å². The van der Waals surface area contributed by atoms with Crippen LogP contribution in [-0.4, -0.2) is 4.40 Å². The first-order valence-electron chi connectivity index (χ1n) is 10.6. The molecule has 0 aliphatic carbocycles. The van der Waals surface area contributed by atoms with Gasteiger partial charge in [0, 0.05) is 6.20 Å². The third kappa shape index (κ3) is 3.64. The minimum atomic E-state index is 0.449. The van der Waals surface area contributed by atoms with E-state index in [2.05, 4.69) is 65.9 Å². The molecule has 3 heteroatoms. The van der Waals surface area contributed by atoms with Gasteiger partial charge in [-0.25, -0.2) is 0 Å². The average molecular weight is 415 g/mol. The zero-order chi connectivity index (χ0) is 21.9. The molecule has 5 rings (SSSR count). The summed E-state index contributed by atoms with van der Waals surface area (Å²) < 4.78 is 8.63. The molecular formula is C29H22N2O. The lowest BCUT2D eigenvalue weighted by Gasteiger charge is -2.11. The van der Waals surface area contributed by atoms with Crippen molar-refractivity contribution in [2.75, 3.05) is 0 Å². The third-order valence-electron chi connectivity index (χ3n) is 5.63. The molecule has 0 saturated heterocycles. The fraction of sp³-hybridized carbons (Fsp3) is 0.0690. The predicted octanol–water partition coefficient (Wildman–Crippen LogP) is 7.03. The molecule has 3 aromatic carbocycles. The van der Waals surface area contributed by atoms with E-state index in [0.717, 1.165) is 39.2 Å². The zero-order valence-electron chi connectivity index (χ0n) is 17.8. The summed E-state index contributed by atoms with van der Waals surface area (Å²) in [5.41, 5.74) is 8.06. The largest absolute Gasteiger partial charge is 0.486 e. The van der Waals surface area contributed by atoms with E-state index in [0.29, 0.717) is 12.2 Å². The van der Waals surface area contributed by atoms with Crippen molar-refractivity contribution in [2.45, 2.75) is 13.5 Å². The van der Waals surface area contributed by atoms with Crippen molar-refractivity contribution in [3.05, 3.63) is 120 Å². The van der Waals surface area contributed by atoms with E-state index in [9.17, 15) is 5.26 Å². The first-order chi connectivity index (χ1) is 15.7. The van der Waals surface area contributed by atoms with E-state index in [1.54, 1.807) is 0 Å². The van der Waals surface area contributed by atoms with E-state index < -0.39 is 0 Å². The van der Waals surface area contributed by atoms with Crippen LogP contribution >= 0.6 is 0 Å². The van der Waals surface area contributed by atoms with E-state index >= 15 is 0 Å². The second-order valence-corrected chi connectivity index (χ2v) is 7.84. The Balaban J connectivity index is 1.76. The minimum Gasteiger partial charge on any atom is -0.486 e. The van der Waals surface area contributed by atoms with Crippen LogP contribution in [0.25, 0.3) is 27.9 Å². The van der Waals surface area contributed by atoms with Crippen LogP contribution in [0, 0.1) is 18.3 Å². The average Bonchev–Trinajstić information content (AvgIpc) is 3.18. The van der Waals surface area contributed by atoms with Crippen molar-refractivity contribution in [3.63, 3.8) is 0 Å². The van der Waals surface area contributed by atoms with Gasteiger partial charge in [-0.3, -0.25) is 0 Å². The van der Waals surface area contributed by atoms with Gasteiger partial charge in [-0.15, -0.1) is 0 Å². The summed E-state index contributed by atoms with van der Waals surface area (Å²) in [5.74, 6) is 0.785. The first kappa shape index (κ1) is 19.7. The highest BCUT2D eigenvalue weighted by Crippen LogP contribution is 2.44. The predicted molar refractivity (Wildman–Crippen MR) is 128 cm³/mol. The van der Waals surface area contributed by atoms with E-state index in [1.165, 1.54) is 5.56 Å². The maximum atomic E-state index is 9.53. The summed E-state index contributed by atoms with van der Waals surface area (Å²) in [6.45, 7) is 2.53. The van der Waals surface area contributed by atoms with Gasteiger partial charge in [0.25, 0.3) is 0 Å². The fourth-order valence-electron chi connectivity index (χ4n) is 4.03. The number of nitrogens with zero attached hydrogens (tertiary/aromatic N) is 2. The van der Waals surface area contributed by atoms with Crippen LogP contribution in [0.1, 0.15) is 16.7 Å². The molecule has 0 radical (unpaired) electrons. The van der Waals surface area contributed by atoms with Gasteiger partial charge in [-0.2, -0.15) is 5.26 Å². The molecule has 0 atom stereocenters. The Labute approximate surface area is 187 Å². The van der Waals surface area contributed by atoms with Gasteiger partial charge in [-0.05, 0) is 35.7 Å². The van der Waals surface area contributed by atoms with E-state index in [-0.39, 0.29) is 0 Å². The summed E-state index contributed by atoms with van der Waals surface area (Å²) in [7, 11) is 0. The van der Waals surface area contributed by atoms with Crippen molar-refractivity contribution in [1.29, 1.82) is 5.26 Å². The number of hydrogen-bond acceptors (Lipinski definition) is 2. The summed E-state index contributed by atoms with van der Waals surface area (Å²) in [4.78, 5) is 0. The highest BCUT2D eigenvalue weighted by atomic mass is 16.5. The highest BCUT2D eigenvalue weighted by Gasteiger charge is 2.22.